The first-order valence-corrected chi connectivity index (χ1v) is 5.79. The van der Waals surface area contributed by atoms with Crippen molar-refractivity contribution in [2.75, 3.05) is 7.11 Å². The smallest absolute Gasteiger partial charge is 0.131 e. The molecule has 2 aromatic carbocycles. The van der Waals surface area contributed by atoms with Crippen LogP contribution in [0.4, 0.5) is 8.78 Å². The monoisotopic (exact) mass is 268 g/mol. The van der Waals surface area contributed by atoms with Crippen LogP contribution in [0.1, 0.15) is 16.5 Å². The van der Waals surface area contributed by atoms with Crippen LogP contribution in [0.15, 0.2) is 42.5 Å². The molecule has 0 bridgehead atoms. The van der Waals surface area contributed by atoms with Crippen LogP contribution in [0.5, 0.6) is 5.75 Å². The number of hydrogen-bond donors (Lipinski definition) is 0. The Labute approximate surface area is 109 Å². The molecule has 0 amide bonds. The van der Waals surface area contributed by atoms with Crippen molar-refractivity contribution >= 4 is 11.6 Å². The summed E-state index contributed by atoms with van der Waals surface area (Å²) in [6.07, 6.45) is 0. The molecule has 0 heterocycles. The van der Waals surface area contributed by atoms with E-state index < -0.39 is 17.0 Å². The van der Waals surface area contributed by atoms with Crippen molar-refractivity contribution in [3.05, 3.63) is 65.2 Å². The van der Waals surface area contributed by atoms with Gasteiger partial charge >= 0.3 is 0 Å². The fourth-order valence-corrected chi connectivity index (χ4v) is 2.05. The first-order chi connectivity index (χ1) is 8.63. The summed E-state index contributed by atoms with van der Waals surface area (Å²) in [5, 5.41) is -0.864. The molecule has 0 fully saturated rings. The molecule has 1 unspecified atom stereocenters. The summed E-state index contributed by atoms with van der Waals surface area (Å²) in [4.78, 5) is 0. The number of methoxy groups -OCH3 is 1. The predicted molar refractivity (Wildman–Crippen MR) is 67.0 cm³/mol. The van der Waals surface area contributed by atoms with Gasteiger partial charge in [-0.15, -0.1) is 11.6 Å². The Morgan fingerprint density at radius 2 is 1.56 bits per heavy atom. The van der Waals surface area contributed by atoms with Crippen LogP contribution in [-0.2, 0) is 0 Å². The molecule has 4 heteroatoms. The zero-order chi connectivity index (χ0) is 13.1. The van der Waals surface area contributed by atoms with E-state index in [4.69, 9.17) is 16.3 Å². The van der Waals surface area contributed by atoms with Crippen LogP contribution in [0.2, 0.25) is 0 Å². The molecule has 0 aliphatic rings. The Kier molecular flexibility index (Phi) is 3.82. The summed E-state index contributed by atoms with van der Waals surface area (Å²) in [6.45, 7) is 0. The molecule has 18 heavy (non-hydrogen) atoms. The lowest BCUT2D eigenvalue weighted by Gasteiger charge is -2.12. The van der Waals surface area contributed by atoms with Crippen molar-refractivity contribution in [3.8, 4) is 5.75 Å². The lowest BCUT2D eigenvalue weighted by atomic mass is 10.0. The fraction of sp³-hybridized carbons (Fsp3) is 0.143. The number of ether oxygens (including phenoxy) is 1. The highest BCUT2D eigenvalue weighted by Gasteiger charge is 2.19. The molecule has 1 atom stereocenters. The van der Waals surface area contributed by atoms with Gasteiger partial charge in [-0.2, -0.15) is 0 Å². The maximum atomic E-state index is 13.6. The third kappa shape index (κ3) is 2.46. The van der Waals surface area contributed by atoms with E-state index in [-0.39, 0.29) is 5.56 Å². The van der Waals surface area contributed by atoms with Gasteiger partial charge < -0.3 is 4.74 Å². The van der Waals surface area contributed by atoms with Crippen molar-refractivity contribution < 1.29 is 13.5 Å². The number of halogens is 3. The van der Waals surface area contributed by atoms with Gasteiger partial charge in [-0.05, 0) is 29.8 Å². The van der Waals surface area contributed by atoms with Crippen LogP contribution < -0.4 is 4.74 Å². The summed E-state index contributed by atoms with van der Waals surface area (Å²) < 4.78 is 32.2. The summed E-state index contributed by atoms with van der Waals surface area (Å²) in [5.41, 5.74) is 0.478. The largest absolute Gasteiger partial charge is 0.497 e. The first kappa shape index (κ1) is 12.8. The van der Waals surface area contributed by atoms with Gasteiger partial charge in [-0.1, -0.05) is 18.2 Å². The first-order valence-electron chi connectivity index (χ1n) is 5.35. The zero-order valence-corrected chi connectivity index (χ0v) is 10.4. The highest BCUT2D eigenvalue weighted by molar-refractivity contribution is 6.22. The highest BCUT2D eigenvalue weighted by atomic mass is 35.5. The molecular formula is C14H11ClF2O. The van der Waals surface area contributed by atoms with Gasteiger partial charge in [0, 0.05) is 5.56 Å². The molecule has 0 spiro atoms. The fourth-order valence-electron chi connectivity index (χ4n) is 1.69. The van der Waals surface area contributed by atoms with Gasteiger partial charge in [0.05, 0.1) is 12.5 Å². The summed E-state index contributed by atoms with van der Waals surface area (Å²) in [6, 6.07) is 10.5. The second-order valence-electron chi connectivity index (χ2n) is 3.77. The van der Waals surface area contributed by atoms with Gasteiger partial charge in [0.1, 0.15) is 17.4 Å². The van der Waals surface area contributed by atoms with Crippen LogP contribution in [0, 0.1) is 11.6 Å². The SMILES string of the molecule is COc1ccc(C(Cl)c2c(F)cccc2F)cc1. The minimum atomic E-state index is -0.864. The third-order valence-corrected chi connectivity index (χ3v) is 3.13. The maximum Gasteiger partial charge on any atom is 0.131 e. The van der Waals surface area contributed by atoms with Crippen molar-refractivity contribution in [3.63, 3.8) is 0 Å². The average Bonchev–Trinajstić information content (AvgIpc) is 2.38. The van der Waals surface area contributed by atoms with Crippen molar-refractivity contribution in [2.24, 2.45) is 0 Å². The van der Waals surface area contributed by atoms with E-state index in [9.17, 15) is 8.78 Å². The van der Waals surface area contributed by atoms with E-state index in [1.807, 2.05) is 0 Å². The molecule has 1 nitrogen and oxygen atoms in total. The Bertz CT molecular complexity index is 520. The number of hydrogen-bond acceptors (Lipinski definition) is 1. The van der Waals surface area contributed by atoms with E-state index in [0.717, 1.165) is 0 Å². The average molecular weight is 269 g/mol. The van der Waals surface area contributed by atoms with Gasteiger partial charge in [-0.3, -0.25) is 0 Å². The minimum absolute atomic E-state index is 0.135. The topological polar surface area (TPSA) is 9.23 Å². The molecule has 0 aromatic heterocycles. The summed E-state index contributed by atoms with van der Waals surface area (Å²) in [7, 11) is 1.55. The van der Waals surface area contributed by atoms with Gasteiger partial charge in [0.2, 0.25) is 0 Å². The van der Waals surface area contributed by atoms with Gasteiger partial charge in [0.25, 0.3) is 0 Å². The van der Waals surface area contributed by atoms with Crippen LogP contribution >= 0.6 is 11.6 Å². The second-order valence-corrected chi connectivity index (χ2v) is 4.21. The molecule has 0 aliphatic carbocycles. The Balaban J connectivity index is 2.38. The highest BCUT2D eigenvalue weighted by Crippen LogP contribution is 2.33. The molecule has 2 aromatic rings. The van der Waals surface area contributed by atoms with Crippen molar-refractivity contribution in [1.82, 2.24) is 0 Å². The lowest BCUT2D eigenvalue weighted by Crippen LogP contribution is -2.00. The number of benzene rings is 2. The third-order valence-electron chi connectivity index (χ3n) is 2.66. The standard InChI is InChI=1S/C14H11ClF2O/c1-18-10-7-5-9(6-8-10)14(15)13-11(16)3-2-4-12(13)17/h2-8,14H,1H3. The summed E-state index contributed by atoms with van der Waals surface area (Å²) >= 11 is 6.12. The summed E-state index contributed by atoms with van der Waals surface area (Å²) in [5.74, 6) is -0.631. The molecule has 94 valence electrons. The predicted octanol–water partition coefficient (Wildman–Crippen LogP) is 4.30. The quantitative estimate of drug-likeness (QED) is 0.754. The molecular weight excluding hydrogens is 258 g/mol. The van der Waals surface area contributed by atoms with E-state index in [0.29, 0.717) is 11.3 Å². The molecule has 0 aliphatic heterocycles. The van der Waals surface area contributed by atoms with Crippen LogP contribution in [0.3, 0.4) is 0 Å². The molecule has 0 radical (unpaired) electrons. The van der Waals surface area contributed by atoms with Crippen molar-refractivity contribution in [2.45, 2.75) is 5.38 Å². The molecule has 0 saturated heterocycles. The Morgan fingerprint density at radius 1 is 1.00 bits per heavy atom. The van der Waals surface area contributed by atoms with E-state index in [1.54, 1.807) is 31.4 Å². The van der Waals surface area contributed by atoms with Crippen LogP contribution in [-0.4, -0.2) is 7.11 Å². The van der Waals surface area contributed by atoms with Crippen molar-refractivity contribution in [1.29, 1.82) is 0 Å². The van der Waals surface area contributed by atoms with Gasteiger partial charge in [-0.25, -0.2) is 8.78 Å². The Morgan fingerprint density at radius 3 is 2.06 bits per heavy atom. The second kappa shape index (κ2) is 5.36. The van der Waals surface area contributed by atoms with Gasteiger partial charge in [0.15, 0.2) is 0 Å². The van der Waals surface area contributed by atoms with E-state index in [1.165, 1.54) is 18.2 Å². The zero-order valence-electron chi connectivity index (χ0n) is 9.66. The molecule has 2 rings (SSSR count). The normalized spacial score (nSPS) is 12.2. The van der Waals surface area contributed by atoms with E-state index in [2.05, 4.69) is 0 Å². The van der Waals surface area contributed by atoms with Crippen LogP contribution in [0.25, 0.3) is 0 Å². The Hall–Kier alpha value is -1.61. The molecule has 0 saturated carbocycles. The number of rotatable bonds is 3. The molecule has 0 N–H and O–H groups in total. The maximum absolute atomic E-state index is 13.6. The lowest BCUT2D eigenvalue weighted by molar-refractivity contribution is 0.414. The number of alkyl halides is 1. The van der Waals surface area contributed by atoms with E-state index >= 15 is 0 Å². The minimum Gasteiger partial charge on any atom is -0.497 e.